The molecule has 0 aliphatic carbocycles. The molecule has 0 spiro atoms. The number of carbonyl (C=O) groups excluding carboxylic acids is 1. The number of methoxy groups -OCH3 is 1. The minimum Gasteiger partial charge on any atom is -0.468 e. The lowest BCUT2D eigenvalue weighted by Gasteiger charge is -2.21. The van der Waals surface area contributed by atoms with Crippen LogP contribution in [-0.2, 0) is 9.53 Å². The van der Waals surface area contributed by atoms with Gasteiger partial charge in [0.25, 0.3) is 0 Å². The Hall–Kier alpha value is -1.39. The SMILES string of the molecule is CCN(CC)CCNC(C(=O)OC)c1ccccc1. The highest BCUT2D eigenvalue weighted by molar-refractivity contribution is 5.77. The third kappa shape index (κ3) is 5.01. The summed E-state index contributed by atoms with van der Waals surface area (Å²) in [5.74, 6) is -0.245. The topological polar surface area (TPSA) is 41.6 Å². The second-order valence-electron chi connectivity index (χ2n) is 4.35. The average molecular weight is 264 g/mol. The van der Waals surface area contributed by atoms with E-state index in [9.17, 15) is 4.79 Å². The molecule has 4 nitrogen and oxygen atoms in total. The van der Waals surface area contributed by atoms with Gasteiger partial charge in [-0.1, -0.05) is 44.2 Å². The summed E-state index contributed by atoms with van der Waals surface area (Å²) < 4.78 is 4.86. The van der Waals surface area contributed by atoms with Crippen molar-refractivity contribution >= 4 is 5.97 Å². The van der Waals surface area contributed by atoms with Gasteiger partial charge in [0.2, 0.25) is 0 Å². The molecule has 0 amide bonds. The average Bonchev–Trinajstić information content (AvgIpc) is 2.48. The monoisotopic (exact) mass is 264 g/mol. The molecule has 1 aromatic rings. The van der Waals surface area contributed by atoms with Gasteiger partial charge in [-0.2, -0.15) is 0 Å². The van der Waals surface area contributed by atoms with E-state index in [-0.39, 0.29) is 12.0 Å². The van der Waals surface area contributed by atoms with Crippen LogP contribution in [0.5, 0.6) is 0 Å². The Morgan fingerprint density at radius 2 is 1.89 bits per heavy atom. The number of carbonyl (C=O) groups is 1. The highest BCUT2D eigenvalue weighted by atomic mass is 16.5. The van der Waals surface area contributed by atoms with Gasteiger partial charge in [-0.3, -0.25) is 5.32 Å². The molecule has 1 rings (SSSR count). The summed E-state index contributed by atoms with van der Waals surface area (Å²) in [5, 5.41) is 3.27. The molecule has 0 aromatic heterocycles. The first-order valence-electron chi connectivity index (χ1n) is 6.81. The lowest BCUT2D eigenvalue weighted by Crippen LogP contribution is -2.36. The molecule has 19 heavy (non-hydrogen) atoms. The van der Waals surface area contributed by atoms with Crippen LogP contribution in [0, 0.1) is 0 Å². The van der Waals surface area contributed by atoms with Crippen molar-refractivity contribution < 1.29 is 9.53 Å². The molecule has 1 N–H and O–H groups in total. The van der Waals surface area contributed by atoms with Gasteiger partial charge in [0.15, 0.2) is 0 Å². The van der Waals surface area contributed by atoms with Crippen LogP contribution in [0.1, 0.15) is 25.5 Å². The molecule has 1 aromatic carbocycles. The van der Waals surface area contributed by atoms with Crippen molar-refractivity contribution in [2.45, 2.75) is 19.9 Å². The van der Waals surface area contributed by atoms with Gasteiger partial charge in [0.1, 0.15) is 6.04 Å². The van der Waals surface area contributed by atoms with Crippen LogP contribution in [-0.4, -0.2) is 44.2 Å². The Kier molecular flexibility index (Phi) is 7.15. The zero-order valence-electron chi connectivity index (χ0n) is 12.1. The molecule has 4 heteroatoms. The molecular formula is C15H24N2O2. The van der Waals surface area contributed by atoms with Crippen LogP contribution in [0.2, 0.25) is 0 Å². The molecule has 0 radical (unpaired) electrons. The molecule has 0 saturated heterocycles. The number of hydrogen-bond acceptors (Lipinski definition) is 4. The Labute approximate surface area is 115 Å². The van der Waals surface area contributed by atoms with E-state index in [4.69, 9.17) is 4.74 Å². The van der Waals surface area contributed by atoms with Crippen molar-refractivity contribution in [3.05, 3.63) is 35.9 Å². The van der Waals surface area contributed by atoms with Crippen molar-refractivity contribution in [2.24, 2.45) is 0 Å². The summed E-state index contributed by atoms with van der Waals surface area (Å²) in [6.07, 6.45) is 0. The van der Waals surface area contributed by atoms with Crippen LogP contribution in [0.25, 0.3) is 0 Å². The number of likely N-dealkylation sites (N-methyl/N-ethyl adjacent to an activating group) is 1. The first-order chi connectivity index (χ1) is 9.22. The maximum Gasteiger partial charge on any atom is 0.327 e. The largest absolute Gasteiger partial charge is 0.468 e. The first kappa shape index (κ1) is 15.7. The number of hydrogen-bond donors (Lipinski definition) is 1. The van der Waals surface area contributed by atoms with E-state index in [0.717, 1.165) is 31.7 Å². The number of ether oxygens (including phenoxy) is 1. The zero-order chi connectivity index (χ0) is 14.1. The predicted octanol–water partition coefficient (Wildman–Crippen LogP) is 1.83. The maximum atomic E-state index is 11.8. The minimum absolute atomic E-state index is 0.245. The summed E-state index contributed by atoms with van der Waals surface area (Å²) >= 11 is 0. The fraction of sp³-hybridized carbons (Fsp3) is 0.533. The standard InChI is InChI=1S/C15H24N2O2/c1-4-17(5-2)12-11-16-14(15(18)19-3)13-9-7-6-8-10-13/h6-10,14,16H,4-5,11-12H2,1-3H3. The Bertz CT molecular complexity index is 364. The van der Waals surface area contributed by atoms with Crippen molar-refractivity contribution in [1.82, 2.24) is 10.2 Å². The van der Waals surface area contributed by atoms with E-state index in [1.165, 1.54) is 7.11 Å². The van der Waals surface area contributed by atoms with Crippen molar-refractivity contribution in [3.63, 3.8) is 0 Å². The van der Waals surface area contributed by atoms with E-state index in [1.807, 2.05) is 30.3 Å². The number of esters is 1. The molecule has 0 saturated carbocycles. The second kappa shape index (κ2) is 8.67. The highest BCUT2D eigenvalue weighted by Crippen LogP contribution is 2.13. The quantitative estimate of drug-likeness (QED) is 0.727. The van der Waals surface area contributed by atoms with Crippen LogP contribution in [0.15, 0.2) is 30.3 Å². The molecule has 0 heterocycles. The lowest BCUT2D eigenvalue weighted by atomic mass is 10.1. The van der Waals surface area contributed by atoms with E-state index >= 15 is 0 Å². The van der Waals surface area contributed by atoms with Crippen LogP contribution in [0.3, 0.4) is 0 Å². The Morgan fingerprint density at radius 3 is 2.42 bits per heavy atom. The third-order valence-electron chi connectivity index (χ3n) is 3.24. The van der Waals surface area contributed by atoms with Gasteiger partial charge < -0.3 is 9.64 Å². The summed E-state index contributed by atoms with van der Waals surface area (Å²) in [6.45, 7) is 8.00. The maximum absolute atomic E-state index is 11.8. The van der Waals surface area contributed by atoms with Crippen LogP contribution in [0.4, 0.5) is 0 Å². The van der Waals surface area contributed by atoms with E-state index in [0.29, 0.717) is 0 Å². The fourth-order valence-electron chi connectivity index (χ4n) is 2.01. The number of nitrogens with zero attached hydrogens (tertiary/aromatic N) is 1. The third-order valence-corrected chi connectivity index (χ3v) is 3.24. The number of nitrogens with one attached hydrogen (secondary N) is 1. The van der Waals surface area contributed by atoms with Crippen molar-refractivity contribution in [1.29, 1.82) is 0 Å². The predicted molar refractivity (Wildman–Crippen MR) is 77.0 cm³/mol. The molecule has 0 aliphatic heterocycles. The van der Waals surface area contributed by atoms with E-state index in [2.05, 4.69) is 24.1 Å². The highest BCUT2D eigenvalue weighted by Gasteiger charge is 2.20. The van der Waals surface area contributed by atoms with Gasteiger partial charge in [0.05, 0.1) is 7.11 Å². The van der Waals surface area contributed by atoms with Crippen molar-refractivity contribution in [3.8, 4) is 0 Å². The van der Waals surface area contributed by atoms with Gasteiger partial charge in [-0.25, -0.2) is 4.79 Å². The molecule has 106 valence electrons. The summed E-state index contributed by atoms with van der Waals surface area (Å²) in [4.78, 5) is 14.1. The smallest absolute Gasteiger partial charge is 0.327 e. The normalized spacial score (nSPS) is 12.4. The minimum atomic E-state index is -0.387. The molecule has 1 unspecified atom stereocenters. The molecule has 1 atom stereocenters. The number of rotatable bonds is 8. The molecule has 0 fully saturated rings. The zero-order valence-corrected chi connectivity index (χ0v) is 12.1. The lowest BCUT2D eigenvalue weighted by molar-refractivity contribution is -0.143. The van der Waals surface area contributed by atoms with Crippen LogP contribution < -0.4 is 5.32 Å². The Balaban J connectivity index is 2.59. The number of benzene rings is 1. The van der Waals surface area contributed by atoms with Gasteiger partial charge in [-0.15, -0.1) is 0 Å². The molecule has 0 bridgehead atoms. The summed E-state index contributed by atoms with van der Waals surface area (Å²) in [6, 6.07) is 9.28. The van der Waals surface area contributed by atoms with Crippen molar-refractivity contribution in [2.75, 3.05) is 33.3 Å². The van der Waals surface area contributed by atoms with Gasteiger partial charge in [-0.05, 0) is 18.7 Å². The van der Waals surface area contributed by atoms with E-state index in [1.54, 1.807) is 0 Å². The van der Waals surface area contributed by atoms with Gasteiger partial charge in [0, 0.05) is 13.1 Å². The summed E-state index contributed by atoms with van der Waals surface area (Å²) in [7, 11) is 1.42. The molecular weight excluding hydrogens is 240 g/mol. The summed E-state index contributed by atoms with van der Waals surface area (Å²) in [5.41, 5.74) is 0.939. The second-order valence-corrected chi connectivity index (χ2v) is 4.35. The molecule has 0 aliphatic rings. The van der Waals surface area contributed by atoms with Crippen LogP contribution >= 0.6 is 0 Å². The fourth-order valence-corrected chi connectivity index (χ4v) is 2.01. The Morgan fingerprint density at radius 1 is 1.26 bits per heavy atom. The van der Waals surface area contributed by atoms with Gasteiger partial charge >= 0.3 is 5.97 Å². The first-order valence-corrected chi connectivity index (χ1v) is 6.81. The van der Waals surface area contributed by atoms with E-state index < -0.39 is 0 Å².